The maximum absolute atomic E-state index is 13.3. The fraction of sp³-hybridized carbons (Fsp3) is 0.294. The van der Waals surface area contributed by atoms with Crippen LogP contribution in [0.3, 0.4) is 0 Å². The highest BCUT2D eigenvalue weighted by Gasteiger charge is 2.41. The molecule has 6 rings (SSSR count). The summed E-state index contributed by atoms with van der Waals surface area (Å²) in [6, 6.07) is 22.7. The van der Waals surface area contributed by atoms with Crippen molar-refractivity contribution in [3.63, 3.8) is 0 Å². The summed E-state index contributed by atoms with van der Waals surface area (Å²) in [5.41, 5.74) is 3.56. The second-order valence-electron chi connectivity index (χ2n) is 11.1. The molecule has 3 heterocycles. The van der Waals surface area contributed by atoms with Crippen LogP contribution in [0.15, 0.2) is 96.4 Å². The lowest BCUT2D eigenvalue weighted by atomic mass is 10.0. The van der Waals surface area contributed by atoms with E-state index < -0.39 is 30.2 Å². The van der Waals surface area contributed by atoms with E-state index in [1.165, 1.54) is 0 Å². The summed E-state index contributed by atoms with van der Waals surface area (Å²) in [4.78, 5) is 44.3. The number of aliphatic hydroxyl groups excluding tert-OH is 1. The number of aromatic nitrogens is 2. The van der Waals surface area contributed by atoms with Crippen LogP contribution < -0.4 is 10.2 Å². The number of imidazole rings is 1. The van der Waals surface area contributed by atoms with E-state index in [-0.39, 0.29) is 31.8 Å². The number of imide groups is 1. The Balaban J connectivity index is 1.16. The first kappa shape index (κ1) is 31.5. The van der Waals surface area contributed by atoms with Crippen molar-refractivity contribution in [3.8, 4) is 0 Å². The van der Waals surface area contributed by atoms with Crippen molar-refractivity contribution >= 4 is 35.4 Å². The number of benzene rings is 3. The van der Waals surface area contributed by atoms with Gasteiger partial charge in [0.25, 0.3) is 5.91 Å². The Kier molecular flexibility index (Phi) is 9.79. The molecule has 2 aliphatic rings. The Morgan fingerprint density at radius 3 is 2.57 bits per heavy atom. The van der Waals surface area contributed by atoms with Crippen LogP contribution >= 0.6 is 11.8 Å². The molecule has 1 unspecified atom stereocenters. The van der Waals surface area contributed by atoms with Crippen molar-refractivity contribution in [2.75, 3.05) is 10.7 Å². The molecule has 0 bridgehead atoms. The number of carbonyl (C=O) groups is 3. The standard InChI is InChI=1S/C34H34N4O7S/c1-37-15-14-35-33(37)46-21-27-17-29(24-12-10-22(19-39)11-13-24)45-32(44-27)25-8-5-9-26(16-25)38-30(40)18-28(31(38)41)36-34(42)43-20-23-6-3-2-4-7-23/h2-16,27-29,32,39H,17-21H2,1H3,(H,36,42)/t27-,28?,29+,32+/m0/s1. The van der Waals surface area contributed by atoms with E-state index in [0.717, 1.165) is 26.7 Å². The molecular formula is C34H34N4O7S. The third-order valence-corrected chi connectivity index (χ3v) is 9.03. The Labute approximate surface area is 270 Å². The third-order valence-electron chi connectivity index (χ3n) is 7.84. The molecule has 2 fully saturated rings. The summed E-state index contributed by atoms with van der Waals surface area (Å²) >= 11 is 1.59. The molecule has 0 saturated carbocycles. The van der Waals surface area contributed by atoms with Gasteiger partial charge in [-0.3, -0.25) is 9.59 Å². The van der Waals surface area contributed by atoms with Gasteiger partial charge >= 0.3 is 6.09 Å². The molecule has 4 atom stereocenters. The van der Waals surface area contributed by atoms with Gasteiger partial charge in [0.05, 0.1) is 30.9 Å². The maximum Gasteiger partial charge on any atom is 0.408 e. The van der Waals surface area contributed by atoms with Gasteiger partial charge in [-0.1, -0.05) is 78.5 Å². The second kappa shape index (κ2) is 14.3. The van der Waals surface area contributed by atoms with Gasteiger partial charge in [-0.25, -0.2) is 14.7 Å². The third kappa shape index (κ3) is 7.31. The van der Waals surface area contributed by atoms with Crippen LogP contribution in [0.2, 0.25) is 0 Å². The van der Waals surface area contributed by atoms with Crippen molar-refractivity contribution < 1.29 is 33.7 Å². The summed E-state index contributed by atoms with van der Waals surface area (Å²) in [7, 11) is 1.94. The minimum absolute atomic E-state index is 0.0441. The molecule has 0 spiro atoms. The van der Waals surface area contributed by atoms with E-state index in [0.29, 0.717) is 23.4 Å². The minimum Gasteiger partial charge on any atom is -0.445 e. The summed E-state index contributed by atoms with van der Waals surface area (Å²) in [5, 5.41) is 12.9. The van der Waals surface area contributed by atoms with Crippen LogP contribution in [0.25, 0.3) is 0 Å². The summed E-state index contributed by atoms with van der Waals surface area (Å²) < 4.78 is 20.1. The number of carbonyl (C=O) groups excluding carboxylic acids is 3. The van der Waals surface area contributed by atoms with Crippen molar-refractivity contribution in [2.24, 2.45) is 7.05 Å². The van der Waals surface area contributed by atoms with Crippen molar-refractivity contribution in [1.29, 1.82) is 0 Å². The molecule has 12 heteroatoms. The number of thioether (sulfide) groups is 1. The molecule has 4 aromatic rings. The van der Waals surface area contributed by atoms with Gasteiger partial charge in [0.1, 0.15) is 12.6 Å². The number of hydrogen-bond donors (Lipinski definition) is 2. The number of ether oxygens (including phenoxy) is 3. The molecule has 11 nitrogen and oxygen atoms in total. The smallest absolute Gasteiger partial charge is 0.408 e. The summed E-state index contributed by atoms with van der Waals surface area (Å²) in [6.45, 7) is -0.00505. The fourth-order valence-corrected chi connectivity index (χ4v) is 6.36. The van der Waals surface area contributed by atoms with Crippen molar-refractivity contribution in [1.82, 2.24) is 14.9 Å². The molecule has 3 aromatic carbocycles. The summed E-state index contributed by atoms with van der Waals surface area (Å²) in [5.74, 6) is -0.352. The highest BCUT2D eigenvalue weighted by atomic mass is 32.2. The quantitative estimate of drug-likeness (QED) is 0.185. The summed E-state index contributed by atoms with van der Waals surface area (Å²) in [6.07, 6.45) is 2.01. The van der Waals surface area contributed by atoms with Gasteiger partial charge < -0.3 is 29.2 Å². The Hall–Kier alpha value is -4.49. The monoisotopic (exact) mass is 642 g/mol. The van der Waals surface area contributed by atoms with Crippen molar-refractivity contribution in [3.05, 3.63) is 114 Å². The molecule has 238 valence electrons. The highest BCUT2D eigenvalue weighted by Crippen LogP contribution is 2.40. The predicted octanol–water partition coefficient (Wildman–Crippen LogP) is 4.81. The van der Waals surface area contributed by atoms with E-state index in [9.17, 15) is 19.5 Å². The van der Waals surface area contributed by atoms with Gasteiger partial charge in [-0.05, 0) is 28.8 Å². The van der Waals surface area contributed by atoms with Crippen LogP contribution in [0, 0.1) is 0 Å². The average Bonchev–Trinajstić information content (AvgIpc) is 3.63. The largest absolute Gasteiger partial charge is 0.445 e. The lowest BCUT2D eigenvalue weighted by Gasteiger charge is -2.36. The zero-order chi connectivity index (χ0) is 32.0. The number of amides is 3. The average molecular weight is 643 g/mol. The first-order valence-corrected chi connectivity index (χ1v) is 15.9. The molecule has 0 radical (unpaired) electrons. The van der Waals surface area contributed by atoms with Crippen LogP contribution in [-0.4, -0.2) is 50.5 Å². The van der Waals surface area contributed by atoms with Crippen molar-refractivity contribution in [2.45, 2.75) is 55.8 Å². The Bertz CT molecular complexity index is 1680. The van der Waals surface area contributed by atoms with Crippen LogP contribution in [0.4, 0.5) is 10.5 Å². The van der Waals surface area contributed by atoms with Crippen LogP contribution in [-0.2, 0) is 44.1 Å². The van der Waals surface area contributed by atoms with E-state index in [1.807, 2.05) is 78.5 Å². The first-order chi connectivity index (χ1) is 22.4. The lowest BCUT2D eigenvalue weighted by Crippen LogP contribution is -2.42. The van der Waals surface area contributed by atoms with Gasteiger partial charge in [0.2, 0.25) is 5.91 Å². The zero-order valence-electron chi connectivity index (χ0n) is 25.2. The minimum atomic E-state index is -1.04. The molecule has 2 N–H and O–H groups in total. The number of anilines is 1. The normalized spacial score (nSPS) is 21.4. The van der Waals surface area contributed by atoms with E-state index in [4.69, 9.17) is 14.2 Å². The first-order valence-electron chi connectivity index (χ1n) is 14.9. The molecule has 46 heavy (non-hydrogen) atoms. The van der Waals surface area contributed by atoms with Crippen LogP contribution in [0.5, 0.6) is 0 Å². The maximum atomic E-state index is 13.3. The second-order valence-corrected chi connectivity index (χ2v) is 12.1. The van der Waals surface area contributed by atoms with E-state index in [2.05, 4.69) is 10.3 Å². The number of aryl methyl sites for hydroxylation is 1. The van der Waals surface area contributed by atoms with Gasteiger partial charge in [0.15, 0.2) is 11.4 Å². The zero-order valence-corrected chi connectivity index (χ0v) is 26.0. The molecule has 2 saturated heterocycles. The molecule has 3 amide bonds. The number of hydrogen-bond acceptors (Lipinski definition) is 9. The van der Waals surface area contributed by atoms with Crippen LogP contribution in [0.1, 0.15) is 47.5 Å². The number of nitrogens with zero attached hydrogens (tertiary/aromatic N) is 3. The highest BCUT2D eigenvalue weighted by molar-refractivity contribution is 7.99. The number of rotatable bonds is 10. The predicted molar refractivity (Wildman–Crippen MR) is 169 cm³/mol. The molecule has 2 aliphatic heterocycles. The number of alkyl carbamates (subject to hydrolysis) is 1. The molecule has 1 aromatic heterocycles. The van der Waals surface area contributed by atoms with Gasteiger partial charge in [-0.15, -0.1) is 0 Å². The number of nitrogens with one attached hydrogen (secondary N) is 1. The fourth-order valence-electron chi connectivity index (χ4n) is 5.41. The SMILES string of the molecule is Cn1ccnc1SC[C@@H]1C[C@H](c2ccc(CO)cc2)O[C@H](c2cccc(N3C(=O)CC(NC(=O)OCc4ccccc4)C3=O)c2)O1. The Morgan fingerprint density at radius 1 is 1.02 bits per heavy atom. The Morgan fingerprint density at radius 2 is 1.83 bits per heavy atom. The number of aliphatic hydroxyl groups is 1. The topological polar surface area (TPSA) is 132 Å². The molecular weight excluding hydrogens is 608 g/mol. The lowest BCUT2D eigenvalue weighted by molar-refractivity contribution is -0.245. The van der Waals surface area contributed by atoms with Gasteiger partial charge in [-0.2, -0.15) is 0 Å². The molecule has 0 aliphatic carbocycles. The van der Waals surface area contributed by atoms with E-state index >= 15 is 0 Å². The van der Waals surface area contributed by atoms with E-state index in [1.54, 1.807) is 36.2 Å². The van der Waals surface area contributed by atoms with Gasteiger partial charge in [0, 0.05) is 37.2 Å².